The van der Waals surface area contributed by atoms with Crippen LogP contribution >= 0.6 is 11.6 Å². The molecule has 1 aliphatic rings. The van der Waals surface area contributed by atoms with Crippen molar-refractivity contribution in [3.8, 4) is 11.5 Å². The average molecular weight is 247 g/mol. The van der Waals surface area contributed by atoms with Gasteiger partial charge in [-0.3, -0.25) is 0 Å². The van der Waals surface area contributed by atoms with E-state index in [1.165, 1.54) is 6.07 Å². The molecule has 0 saturated heterocycles. The summed E-state index contributed by atoms with van der Waals surface area (Å²) in [5.74, 6) is -0.187. The Balaban J connectivity index is 2.52. The maximum absolute atomic E-state index is 13.8. The summed E-state index contributed by atoms with van der Waals surface area (Å²) in [6, 6.07) is 1.54. The molecule has 1 heterocycles. The van der Waals surface area contributed by atoms with Crippen molar-refractivity contribution >= 4 is 11.6 Å². The van der Waals surface area contributed by atoms with E-state index in [0.717, 1.165) is 0 Å². The fraction of sp³-hybridized carbons (Fsp3) is 0.455. The summed E-state index contributed by atoms with van der Waals surface area (Å²) in [5.41, 5.74) is 0.344. The van der Waals surface area contributed by atoms with E-state index in [0.29, 0.717) is 24.5 Å². The van der Waals surface area contributed by atoms with Gasteiger partial charge in [0.15, 0.2) is 11.5 Å². The second-order valence-corrected chi connectivity index (χ2v) is 4.08. The number of hydrogen-bond donors (Lipinski definition) is 1. The first-order valence-corrected chi connectivity index (χ1v) is 5.41. The van der Waals surface area contributed by atoms with Gasteiger partial charge in [0.05, 0.1) is 0 Å². The molecule has 1 unspecified atom stereocenters. The first-order valence-electron chi connectivity index (χ1n) is 5.03. The molecule has 1 atom stereocenters. The largest absolute Gasteiger partial charge is 0.486 e. The van der Waals surface area contributed by atoms with Crippen molar-refractivity contribution in [1.82, 2.24) is 0 Å². The average Bonchev–Trinajstić information content (AvgIpc) is 2.33. The van der Waals surface area contributed by atoms with E-state index < -0.39 is 5.82 Å². The summed E-state index contributed by atoms with van der Waals surface area (Å²) in [7, 11) is 0. The second kappa shape index (κ2) is 4.47. The Morgan fingerprint density at radius 2 is 2.19 bits per heavy atom. The summed E-state index contributed by atoms with van der Waals surface area (Å²) in [6.07, 6.45) is 0. The number of aliphatic hydroxyl groups is 1. The van der Waals surface area contributed by atoms with Crippen molar-refractivity contribution in [2.45, 2.75) is 12.8 Å². The van der Waals surface area contributed by atoms with E-state index in [-0.39, 0.29) is 23.3 Å². The topological polar surface area (TPSA) is 38.7 Å². The van der Waals surface area contributed by atoms with Crippen LogP contribution in [0.5, 0.6) is 11.5 Å². The molecule has 1 aromatic carbocycles. The lowest BCUT2D eigenvalue weighted by atomic mass is 10.0. The van der Waals surface area contributed by atoms with Gasteiger partial charge in [-0.1, -0.05) is 18.5 Å². The van der Waals surface area contributed by atoms with Crippen molar-refractivity contribution in [2.75, 3.05) is 19.8 Å². The van der Waals surface area contributed by atoms with Crippen LogP contribution in [0.4, 0.5) is 4.39 Å². The molecule has 3 nitrogen and oxygen atoms in total. The number of hydrogen-bond acceptors (Lipinski definition) is 3. The number of ether oxygens (including phenoxy) is 2. The lowest BCUT2D eigenvalue weighted by Crippen LogP contribution is -2.17. The van der Waals surface area contributed by atoms with Gasteiger partial charge in [0, 0.05) is 12.5 Å². The molecule has 0 radical (unpaired) electrons. The molecule has 1 aliphatic heterocycles. The number of halogens is 2. The molecule has 0 fully saturated rings. The Bertz CT molecular complexity index is 409. The van der Waals surface area contributed by atoms with E-state index in [1.54, 1.807) is 6.92 Å². The normalized spacial score (nSPS) is 16.0. The van der Waals surface area contributed by atoms with E-state index in [9.17, 15) is 4.39 Å². The lowest BCUT2D eigenvalue weighted by molar-refractivity contribution is 0.170. The van der Waals surface area contributed by atoms with Gasteiger partial charge in [-0.05, 0) is 11.6 Å². The molecule has 88 valence electrons. The third kappa shape index (κ3) is 1.83. The van der Waals surface area contributed by atoms with Gasteiger partial charge in [-0.15, -0.1) is 0 Å². The smallest absolute Gasteiger partial charge is 0.182 e. The SMILES string of the molecule is CC(CO)c1cc2c(c(Cl)c1F)OCCO2. The Morgan fingerprint density at radius 1 is 1.50 bits per heavy atom. The van der Waals surface area contributed by atoms with E-state index in [2.05, 4.69) is 0 Å². The molecule has 0 aliphatic carbocycles. The summed E-state index contributed by atoms with van der Waals surface area (Å²) >= 11 is 5.86. The molecule has 0 bridgehead atoms. The van der Waals surface area contributed by atoms with Gasteiger partial charge in [0.25, 0.3) is 0 Å². The molecule has 1 N–H and O–H groups in total. The Kier molecular flexibility index (Phi) is 3.21. The highest BCUT2D eigenvalue weighted by atomic mass is 35.5. The zero-order valence-corrected chi connectivity index (χ0v) is 9.55. The molecule has 2 rings (SSSR count). The fourth-order valence-corrected chi connectivity index (χ4v) is 1.86. The Hall–Kier alpha value is -1.00. The van der Waals surface area contributed by atoms with Gasteiger partial charge in [-0.2, -0.15) is 0 Å². The third-order valence-corrected chi connectivity index (χ3v) is 2.89. The number of aliphatic hydroxyl groups excluding tert-OH is 1. The zero-order valence-electron chi connectivity index (χ0n) is 8.80. The third-order valence-electron chi connectivity index (χ3n) is 2.55. The van der Waals surface area contributed by atoms with Gasteiger partial charge < -0.3 is 14.6 Å². The molecular weight excluding hydrogens is 235 g/mol. The van der Waals surface area contributed by atoms with Crippen LogP contribution in [0.15, 0.2) is 6.07 Å². The summed E-state index contributed by atoms with van der Waals surface area (Å²) in [5, 5.41) is 8.95. The maximum atomic E-state index is 13.8. The standard InChI is InChI=1S/C11H12ClFO3/c1-6(5-14)7-4-8-11(9(12)10(7)13)16-3-2-15-8/h4,6,14H,2-3,5H2,1H3. The van der Waals surface area contributed by atoms with Gasteiger partial charge >= 0.3 is 0 Å². The molecule has 16 heavy (non-hydrogen) atoms. The molecule has 5 heteroatoms. The van der Waals surface area contributed by atoms with Crippen LogP contribution in [0.25, 0.3) is 0 Å². The summed E-state index contributed by atoms with van der Waals surface area (Å²) in [6.45, 7) is 2.35. The fourth-order valence-electron chi connectivity index (χ4n) is 1.60. The Morgan fingerprint density at radius 3 is 2.88 bits per heavy atom. The molecule has 1 aromatic rings. The highest BCUT2D eigenvalue weighted by molar-refractivity contribution is 6.32. The summed E-state index contributed by atoms with van der Waals surface area (Å²) in [4.78, 5) is 0. The number of benzene rings is 1. The zero-order chi connectivity index (χ0) is 11.7. The minimum atomic E-state index is -0.549. The molecule has 0 saturated carbocycles. The highest BCUT2D eigenvalue weighted by Gasteiger charge is 2.24. The van der Waals surface area contributed by atoms with Crippen LogP contribution in [-0.4, -0.2) is 24.9 Å². The quantitative estimate of drug-likeness (QED) is 0.871. The lowest BCUT2D eigenvalue weighted by Gasteiger charge is -2.22. The van der Waals surface area contributed by atoms with E-state index in [1.807, 2.05) is 0 Å². The molecule has 0 aromatic heterocycles. The van der Waals surface area contributed by atoms with Crippen molar-refractivity contribution in [3.05, 3.63) is 22.5 Å². The first kappa shape index (κ1) is 11.5. The Labute approximate surface area is 97.7 Å². The van der Waals surface area contributed by atoms with Gasteiger partial charge in [0.2, 0.25) is 0 Å². The van der Waals surface area contributed by atoms with E-state index in [4.69, 9.17) is 26.2 Å². The molecule has 0 spiro atoms. The van der Waals surface area contributed by atoms with Gasteiger partial charge in [0.1, 0.15) is 24.1 Å². The van der Waals surface area contributed by atoms with Crippen LogP contribution < -0.4 is 9.47 Å². The monoisotopic (exact) mass is 246 g/mol. The van der Waals surface area contributed by atoms with Crippen molar-refractivity contribution in [3.63, 3.8) is 0 Å². The van der Waals surface area contributed by atoms with E-state index >= 15 is 0 Å². The number of fused-ring (bicyclic) bond motifs is 1. The van der Waals surface area contributed by atoms with Gasteiger partial charge in [-0.25, -0.2) is 4.39 Å². The van der Waals surface area contributed by atoms with Crippen LogP contribution in [0, 0.1) is 5.82 Å². The highest BCUT2D eigenvalue weighted by Crippen LogP contribution is 2.42. The predicted molar refractivity (Wildman–Crippen MR) is 57.9 cm³/mol. The van der Waals surface area contributed by atoms with Crippen LogP contribution in [0.3, 0.4) is 0 Å². The van der Waals surface area contributed by atoms with Crippen LogP contribution in [0.1, 0.15) is 18.4 Å². The molecular formula is C11H12ClFO3. The molecule has 0 amide bonds. The minimum Gasteiger partial charge on any atom is -0.486 e. The van der Waals surface area contributed by atoms with Crippen LogP contribution in [0.2, 0.25) is 5.02 Å². The van der Waals surface area contributed by atoms with Crippen molar-refractivity contribution in [2.24, 2.45) is 0 Å². The maximum Gasteiger partial charge on any atom is 0.182 e. The number of rotatable bonds is 2. The second-order valence-electron chi connectivity index (χ2n) is 3.70. The van der Waals surface area contributed by atoms with Crippen molar-refractivity contribution in [1.29, 1.82) is 0 Å². The predicted octanol–water partition coefficient (Wildman–Crippen LogP) is 2.35. The first-order chi connectivity index (χ1) is 7.65. The minimum absolute atomic E-state index is 0.0764. The van der Waals surface area contributed by atoms with Crippen LogP contribution in [-0.2, 0) is 0 Å². The van der Waals surface area contributed by atoms with Crippen molar-refractivity contribution < 1.29 is 19.0 Å². The summed E-state index contributed by atoms with van der Waals surface area (Å²) < 4.78 is 24.4.